The highest BCUT2D eigenvalue weighted by Crippen LogP contribution is 2.35. The van der Waals surface area contributed by atoms with Crippen LogP contribution in [0.25, 0.3) is 0 Å². The first kappa shape index (κ1) is 16.1. The predicted molar refractivity (Wildman–Crippen MR) is 93.9 cm³/mol. The van der Waals surface area contributed by atoms with E-state index in [1.54, 1.807) is 56.3 Å². The van der Waals surface area contributed by atoms with Gasteiger partial charge in [0.15, 0.2) is 5.60 Å². The molecular formula is C17H16ClN3O3. The van der Waals surface area contributed by atoms with Gasteiger partial charge in [0.1, 0.15) is 5.75 Å². The van der Waals surface area contributed by atoms with Crippen molar-refractivity contribution in [1.29, 1.82) is 0 Å². The first-order valence-corrected chi connectivity index (χ1v) is 7.69. The van der Waals surface area contributed by atoms with Crippen LogP contribution in [-0.2, 0) is 4.79 Å². The van der Waals surface area contributed by atoms with E-state index in [1.165, 1.54) is 0 Å². The van der Waals surface area contributed by atoms with E-state index < -0.39 is 11.6 Å². The second-order valence-electron chi connectivity index (χ2n) is 5.87. The number of ether oxygens (including phenoxy) is 1. The maximum atomic E-state index is 12.0. The summed E-state index contributed by atoms with van der Waals surface area (Å²) in [7, 11) is 0. The molecule has 0 saturated carbocycles. The van der Waals surface area contributed by atoms with Crippen molar-refractivity contribution >= 4 is 40.6 Å². The van der Waals surface area contributed by atoms with Crippen LogP contribution in [-0.4, -0.2) is 17.5 Å². The van der Waals surface area contributed by atoms with Gasteiger partial charge in [-0.1, -0.05) is 17.7 Å². The Labute approximate surface area is 144 Å². The third-order valence-corrected chi connectivity index (χ3v) is 3.72. The molecule has 3 N–H and O–H groups in total. The van der Waals surface area contributed by atoms with Gasteiger partial charge in [-0.25, -0.2) is 4.79 Å². The molecule has 1 heterocycles. The van der Waals surface area contributed by atoms with Gasteiger partial charge in [-0.2, -0.15) is 0 Å². The van der Waals surface area contributed by atoms with E-state index in [2.05, 4.69) is 16.0 Å². The zero-order valence-electron chi connectivity index (χ0n) is 13.1. The second kappa shape index (κ2) is 6.05. The summed E-state index contributed by atoms with van der Waals surface area (Å²) >= 11 is 5.88. The van der Waals surface area contributed by atoms with Gasteiger partial charge in [-0.15, -0.1) is 0 Å². The van der Waals surface area contributed by atoms with E-state index in [-0.39, 0.29) is 5.91 Å². The Morgan fingerprint density at radius 1 is 1.12 bits per heavy atom. The number of hydrogen-bond donors (Lipinski definition) is 3. The highest BCUT2D eigenvalue weighted by Gasteiger charge is 2.35. The second-order valence-corrected chi connectivity index (χ2v) is 6.30. The molecule has 3 amide bonds. The van der Waals surface area contributed by atoms with Crippen molar-refractivity contribution in [3.63, 3.8) is 0 Å². The molecule has 0 unspecified atom stereocenters. The van der Waals surface area contributed by atoms with E-state index >= 15 is 0 Å². The van der Waals surface area contributed by atoms with Crippen molar-refractivity contribution in [3.05, 3.63) is 47.5 Å². The number of rotatable bonds is 2. The molecule has 0 atom stereocenters. The highest BCUT2D eigenvalue weighted by atomic mass is 35.5. The maximum Gasteiger partial charge on any atom is 0.323 e. The monoisotopic (exact) mass is 345 g/mol. The molecule has 6 nitrogen and oxygen atoms in total. The minimum absolute atomic E-state index is 0.240. The summed E-state index contributed by atoms with van der Waals surface area (Å²) in [6.45, 7) is 3.38. The number of fused-ring (bicyclic) bond motifs is 1. The number of halogens is 1. The average molecular weight is 346 g/mol. The van der Waals surface area contributed by atoms with E-state index in [9.17, 15) is 9.59 Å². The number of benzene rings is 2. The Morgan fingerprint density at radius 3 is 2.54 bits per heavy atom. The molecule has 124 valence electrons. The fourth-order valence-corrected chi connectivity index (χ4v) is 2.44. The van der Waals surface area contributed by atoms with E-state index in [1.807, 2.05) is 0 Å². The summed E-state index contributed by atoms with van der Waals surface area (Å²) in [4.78, 5) is 24.0. The van der Waals surface area contributed by atoms with E-state index in [0.717, 1.165) is 0 Å². The van der Waals surface area contributed by atoms with E-state index in [0.29, 0.717) is 27.8 Å². The zero-order chi connectivity index (χ0) is 17.3. The van der Waals surface area contributed by atoms with Gasteiger partial charge in [-0.05, 0) is 50.2 Å². The molecule has 0 aromatic heterocycles. The molecule has 2 aromatic carbocycles. The summed E-state index contributed by atoms with van der Waals surface area (Å²) in [5.74, 6) is 0.316. The van der Waals surface area contributed by atoms with Gasteiger partial charge in [0, 0.05) is 16.4 Å². The Balaban J connectivity index is 1.71. The summed E-state index contributed by atoms with van der Waals surface area (Å²) in [6, 6.07) is 11.5. The summed E-state index contributed by atoms with van der Waals surface area (Å²) in [6.07, 6.45) is 0. The molecule has 1 aliphatic heterocycles. The van der Waals surface area contributed by atoms with Crippen molar-refractivity contribution in [2.24, 2.45) is 0 Å². The summed E-state index contributed by atoms with van der Waals surface area (Å²) in [5, 5.41) is 8.68. The Bertz CT molecular complexity index is 820. The normalized spacial score (nSPS) is 14.9. The molecule has 0 radical (unpaired) electrons. The third-order valence-electron chi connectivity index (χ3n) is 3.48. The van der Waals surface area contributed by atoms with Gasteiger partial charge < -0.3 is 20.7 Å². The van der Waals surface area contributed by atoms with Crippen LogP contribution < -0.4 is 20.7 Å². The van der Waals surface area contributed by atoms with Crippen LogP contribution in [0.5, 0.6) is 5.75 Å². The standard InChI is InChI=1S/C17H16ClN3O3/c1-17(2)15(22)21-13-9-12(6-7-14(13)24-17)20-16(23)19-11-5-3-4-10(18)8-11/h3-9H,1-2H3,(H,21,22)(H2,19,20,23). The van der Waals surface area contributed by atoms with Gasteiger partial charge in [0.2, 0.25) is 0 Å². The lowest BCUT2D eigenvalue weighted by Crippen LogP contribution is -2.45. The largest absolute Gasteiger partial charge is 0.476 e. The van der Waals surface area contributed by atoms with Crippen LogP contribution >= 0.6 is 11.6 Å². The number of amides is 3. The van der Waals surface area contributed by atoms with E-state index in [4.69, 9.17) is 16.3 Å². The molecule has 0 spiro atoms. The molecule has 0 aliphatic carbocycles. The number of anilines is 3. The minimum atomic E-state index is -0.925. The molecule has 2 aromatic rings. The van der Waals surface area contributed by atoms with Crippen LogP contribution in [0.3, 0.4) is 0 Å². The smallest absolute Gasteiger partial charge is 0.323 e. The molecule has 1 aliphatic rings. The van der Waals surface area contributed by atoms with Crippen molar-refractivity contribution in [1.82, 2.24) is 0 Å². The topological polar surface area (TPSA) is 79.5 Å². The van der Waals surface area contributed by atoms with Crippen LogP contribution in [0.4, 0.5) is 21.9 Å². The molecular weight excluding hydrogens is 330 g/mol. The van der Waals surface area contributed by atoms with Gasteiger partial charge in [0.25, 0.3) is 5.91 Å². The van der Waals surface area contributed by atoms with Crippen molar-refractivity contribution < 1.29 is 14.3 Å². The SMILES string of the molecule is CC1(C)Oc2ccc(NC(=O)Nc3cccc(Cl)c3)cc2NC1=O. The van der Waals surface area contributed by atoms with Gasteiger partial charge >= 0.3 is 6.03 Å². The molecule has 0 fully saturated rings. The maximum absolute atomic E-state index is 12.0. The zero-order valence-corrected chi connectivity index (χ0v) is 13.9. The number of carbonyl (C=O) groups excluding carboxylic acids is 2. The van der Waals surface area contributed by atoms with Gasteiger partial charge in [-0.3, -0.25) is 4.79 Å². The van der Waals surface area contributed by atoms with Gasteiger partial charge in [0.05, 0.1) is 5.69 Å². The Morgan fingerprint density at radius 2 is 1.83 bits per heavy atom. The predicted octanol–water partition coefficient (Wildman–Crippen LogP) is 4.09. The molecule has 3 rings (SSSR count). The highest BCUT2D eigenvalue weighted by molar-refractivity contribution is 6.30. The van der Waals surface area contributed by atoms with Crippen LogP contribution in [0, 0.1) is 0 Å². The summed E-state index contributed by atoms with van der Waals surface area (Å²) in [5.41, 5.74) is 0.694. The van der Waals surface area contributed by atoms with Crippen LogP contribution in [0.1, 0.15) is 13.8 Å². The van der Waals surface area contributed by atoms with Crippen molar-refractivity contribution in [3.8, 4) is 5.75 Å². The van der Waals surface area contributed by atoms with Crippen LogP contribution in [0.2, 0.25) is 5.02 Å². The number of carbonyl (C=O) groups is 2. The first-order chi connectivity index (χ1) is 11.3. The Kier molecular flexibility index (Phi) is 4.07. The Hall–Kier alpha value is -2.73. The average Bonchev–Trinajstić information content (AvgIpc) is 2.48. The van der Waals surface area contributed by atoms with Crippen molar-refractivity contribution in [2.75, 3.05) is 16.0 Å². The fourth-order valence-electron chi connectivity index (χ4n) is 2.25. The number of urea groups is 1. The lowest BCUT2D eigenvalue weighted by Gasteiger charge is -2.31. The molecule has 24 heavy (non-hydrogen) atoms. The molecule has 0 saturated heterocycles. The van der Waals surface area contributed by atoms with Crippen LogP contribution in [0.15, 0.2) is 42.5 Å². The third kappa shape index (κ3) is 3.44. The first-order valence-electron chi connectivity index (χ1n) is 7.31. The fraction of sp³-hybridized carbons (Fsp3) is 0.176. The minimum Gasteiger partial charge on any atom is -0.476 e. The number of hydrogen-bond acceptors (Lipinski definition) is 3. The number of nitrogens with one attached hydrogen (secondary N) is 3. The van der Waals surface area contributed by atoms with Crippen molar-refractivity contribution in [2.45, 2.75) is 19.4 Å². The molecule has 7 heteroatoms. The lowest BCUT2D eigenvalue weighted by atomic mass is 10.1. The lowest BCUT2D eigenvalue weighted by molar-refractivity contribution is -0.129. The summed E-state index contributed by atoms with van der Waals surface area (Å²) < 4.78 is 5.65. The quantitative estimate of drug-likeness (QED) is 0.766. The molecule has 0 bridgehead atoms.